The zero-order valence-electron chi connectivity index (χ0n) is 14.5. The Kier molecular flexibility index (Phi) is 6.11. The van der Waals surface area contributed by atoms with Gasteiger partial charge >= 0.3 is 5.97 Å². The van der Waals surface area contributed by atoms with Crippen molar-refractivity contribution in [1.29, 1.82) is 0 Å². The summed E-state index contributed by atoms with van der Waals surface area (Å²) in [6.45, 7) is 7.08. The average Bonchev–Trinajstić information content (AvgIpc) is 2.56. The number of likely N-dealkylation sites (tertiary alicyclic amines) is 1. The van der Waals surface area contributed by atoms with Gasteiger partial charge in [-0.3, -0.25) is 19.0 Å². The van der Waals surface area contributed by atoms with Gasteiger partial charge in [0.15, 0.2) is 0 Å². The van der Waals surface area contributed by atoms with Crippen molar-refractivity contribution in [3.8, 4) is 0 Å². The summed E-state index contributed by atoms with van der Waals surface area (Å²) in [6.07, 6.45) is 2.63. The molecule has 1 aliphatic heterocycles. The van der Waals surface area contributed by atoms with Gasteiger partial charge in [-0.25, -0.2) is 4.98 Å². The first-order chi connectivity index (χ1) is 11.4. The van der Waals surface area contributed by atoms with Crippen molar-refractivity contribution >= 4 is 11.9 Å². The molecule has 2 rings (SSSR count). The highest BCUT2D eigenvalue weighted by atomic mass is 16.5. The molecule has 0 aliphatic carbocycles. The number of aromatic nitrogens is 2. The van der Waals surface area contributed by atoms with Crippen molar-refractivity contribution in [1.82, 2.24) is 14.5 Å². The lowest BCUT2D eigenvalue weighted by atomic mass is 9.97. The van der Waals surface area contributed by atoms with Crippen LogP contribution in [-0.2, 0) is 20.9 Å². The number of ether oxygens (including phenoxy) is 1. The maximum atomic E-state index is 12.4. The van der Waals surface area contributed by atoms with Crippen LogP contribution in [0.25, 0.3) is 0 Å². The summed E-state index contributed by atoms with van der Waals surface area (Å²) in [5.74, 6) is -0.276. The van der Waals surface area contributed by atoms with Crippen LogP contribution in [0.5, 0.6) is 0 Å². The first kappa shape index (κ1) is 18.2. The standard InChI is InChI=1S/C17H25N3O4/c1-4-24-17(23)13-5-7-19(8-6-13)16(22)10-20-11-18-14(12(2)3)9-15(20)21/h9,11-13H,4-8,10H2,1-3H3. The minimum Gasteiger partial charge on any atom is -0.466 e. The average molecular weight is 335 g/mol. The Balaban J connectivity index is 1.92. The first-order valence-corrected chi connectivity index (χ1v) is 8.43. The maximum absolute atomic E-state index is 12.4. The molecule has 0 atom stereocenters. The van der Waals surface area contributed by atoms with Crippen LogP contribution >= 0.6 is 0 Å². The van der Waals surface area contributed by atoms with Crippen molar-refractivity contribution in [2.75, 3.05) is 19.7 Å². The third kappa shape index (κ3) is 4.43. The number of hydrogen-bond acceptors (Lipinski definition) is 5. The van der Waals surface area contributed by atoms with Crippen molar-refractivity contribution < 1.29 is 14.3 Å². The van der Waals surface area contributed by atoms with Gasteiger partial charge in [-0.05, 0) is 25.7 Å². The SMILES string of the molecule is CCOC(=O)C1CCN(C(=O)Cn2cnc(C(C)C)cc2=O)CC1. The normalized spacial score (nSPS) is 15.6. The molecule has 24 heavy (non-hydrogen) atoms. The number of piperidine rings is 1. The Bertz CT molecular complexity index is 645. The molecule has 0 aromatic carbocycles. The van der Waals surface area contributed by atoms with Gasteiger partial charge in [-0.2, -0.15) is 0 Å². The summed E-state index contributed by atoms with van der Waals surface area (Å²) >= 11 is 0. The van der Waals surface area contributed by atoms with E-state index < -0.39 is 0 Å². The molecule has 1 amide bonds. The summed E-state index contributed by atoms with van der Waals surface area (Å²) in [4.78, 5) is 42.1. The van der Waals surface area contributed by atoms with E-state index in [1.165, 1.54) is 17.0 Å². The van der Waals surface area contributed by atoms with E-state index in [-0.39, 0.29) is 35.8 Å². The highest BCUT2D eigenvalue weighted by Crippen LogP contribution is 2.19. The summed E-state index contributed by atoms with van der Waals surface area (Å²) in [5, 5.41) is 0. The summed E-state index contributed by atoms with van der Waals surface area (Å²) < 4.78 is 6.35. The second-order valence-corrected chi connectivity index (χ2v) is 6.34. The fourth-order valence-electron chi connectivity index (χ4n) is 2.74. The van der Waals surface area contributed by atoms with Crippen LogP contribution in [-0.4, -0.2) is 46.0 Å². The van der Waals surface area contributed by atoms with Crippen LogP contribution in [0.4, 0.5) is 0 Å². The molecule has 2 heterocycles. The Labute approximate surface area is 141 Å². The van der Waals surface area contributed by atoms with Gasteiger partial charge in [-0.15, -0.1) is 0 Å². The summed E-state index contributed by atoms with van der Waals surface area (Å²) in [6, 6.07) is 1.48. The van der Waals surface area contributed by atoms with Crippen LogP contribution in [0, 0.1) is 5.92 Å². The van der Waals surface area contributed by atoms with Gasteiger partial charge in [0.2, 0.25) is 5.91 Å². The van der Waals surface area contributed by atoms with Gasteiger partial charge in [0.25, 0.3) is 5.56 Å². The molecule has 132 valence electrons. The van der Waals surface area contributed by atoms with E-state index in [2.05, 4.69) is 4.98 Å². The predicted molar refractivity (Wildman–Crippen MR) is 88.5 cm³/mol. The fraction of sp³-hybridized carbons (Fsp3) is 0.647. The van der Waals surface area contributed by atoms with Crippen molar-refractivity contribution in [3.05, 3.63) is 28.4 Å². The van der Waals surface area contributed by atoms with Crippen LogP contribution in [0.1, 0.15) is 45.2 Å². The first-order valence-electron chi connectivity index (χ1n) is 8.43. The highest BCUT2D eigenvalue weighted by molar-refractivity contribution is 5.77. The third-order valence-electron chi connectivity index (χ3n) is 4.27. The fourth-order valence-corrected chi connectivity index (χ4v) is 2.74. The third-order valence-corrected chi connectivity index (χ3v) is 4.27. The highest BCUT2D eigenvalue weighted by Gasteiger charge is 2.28. The minimum absolute atomic E-state index is 0.0196. The quantitative estimate of drug-likeness (QED) is 0.755. The molecule has 1 saturated heterocycles. The number of amides is 1. The molecular formula is C17H25N3O4. The monoisotopic (exact) mass is 335 g/mol. The predicted octanol–water partition coefficient (Wildman–Crippen LogP) is 1.17. The lowest BCUT2D eigenvalue weighted by Crippen LogP contribution is -2.43. The van der Waals surface area contributed by atoms with E-state index in [0.717, 1.165) is 5.69 Å². The van der Waals surface area contributed by atoms with Crippen LogP contribution in [0.2, 0.25) is 0 Å². The van der Waals surface area contributed by atoms with Crippen LogP contribution in [0.15, 0.2) is 17.2 Å². The van der Waals surface area contributed by atoms with Crippen molar-refractivity contribution in [2.45, 2.75) is 46.1 Å². The number of carbonyl (C=O) groups excluding carboxylic acids is 2. The van der Waals surface area contributed by atoms with E-state index in [0.29, 0.717) is 32.5 Å². The lowest BCUT2D eigenvalue weighted by molar-refractivity contribution is -0.151. The second-order valence-electron chi connectivity index (χ2n) is 6.34. The molecular weight excluding hydrogens is 310 g/mol. The smallest absolute Gasteiger partial charge is 0.309 e. The largest absolute Gasteiger partial charge is 0.466 e. The van der Waals surface area contributed by atoms with E-state index in [1.54, 1.807) is 11.8 Å². The van der Waals surface area contributed by atoms with Gasteiger partial charge in [-0.1, -0.05) is 13.8 Å². The van der Waals surface area contributed by atoms with Crippen LogP contribution < -0.4 is 5.56 Å². The molecule has 0 spiro atoms. The molecule has 0 radical (unpaired) electrons. The molecule has 0 N–H and O–H groups in total. The molecule has 7 nitrogen and oxygen atoms in total. The molecule has 0 unspecified atom stereocenters. The van der Waals surface area contributed by atoms with E-state index in [9.17, 15) is 14.4 Å². The molecule has 7 heteroatoms. The van der Waals surface area contributed by atoms with Gasteiger partial charge < -0.3 is 9.64 Å². The molecule has 0 saturated carbocycles. The minimum atomic E-state index is -0.219. The molecule has 0 bridgehead atoms. The van der Waals surface area contributed by atoms with E-state index >= 15 is 0 Å². The van der Waals surface area contributed by atoms with Gasteiger partial charge in [0.1, 0.15) is 6.54 Å². The Hall–Kier alpha value is -2.18. The topological polar surface area (TPSA) is 81.5 Å². The number of rotatable bonds is 5. The summed E-state index contributed by atoms with van der Waals surface area (Å²) in [7, 11) is 0. The summed E-state index contributed by atoms with van der Waals surface area (Å²) in [5.41, 5.74) is 0.502. The van der Waals surface area contributed by atoms with Gasteiger partial charge in [0, 0.05) is 19.2 Å². The molecule has 1 aromatic rings. The zero-order chi connectivity index (χ0) is 17.7. The Morgan fingerprint density at radius 2 is 2.00 bits per heavy atom. The van der Waals surface area contributed by atoms with E-state index in [1.807, 2.05) is 13.8 Å². The maximum Gasteiger partial charge on any atom is 0.309 e. The van der Waals surface area contributed by atoms with Crippen molar-refractivity contribution in [3.63, 3.8) is 0 Å². The second kappa shape index (κ2) is 8.08. The Morgan fingerprint density at radius 1 is 1.33 bits per heavy atom. The van der Waals surface area contributed by atoms with E-state index in [4.69, 9.17) is 4.74 Å². The molecule has 1 aromatic heterocycles. The van der Waals surface area contributed by atoms with Crippen LogP contribution in [0.3, 0.4) is 0 Å². The Morgan fingerprint density at radius 3 is 2.54 bits per heavy atom. The molecule has 1 aliphatic rings. The number of nitrogens with zero attached hydrogens (tertiary/aromatic N) is 3. The number of carbonyl (C=O) groups is 2. The zero-order valence-corrected chi connectivity index (χ0v) is 14.5. The van der Waals surface area contributed by atoms with Gasteiger partial charge in [0.05, 0.1) is 24.5 Å². The number of hydrogen-bond donors (Lipinski definition) is 0. The molecule has 1 fully saturated rings. The lowest BCUT2D eigenvalue weighted by Gasteiger charge is -2.31. The number of esters is 1. The van der Waals surface area contributed by atoms with Crippen molar-refractivity contribution in [2.24, 2.45) is 5.92 Å².